The van der Waals surface area contributed by atoms with E-state index in [9.17, 15) is 8.78 Å². The zero-order valence-electron chi connectivity index (χ0n) is 14.1. The number of hydrogen-bond donors (Lipinski definition) is 2. The summed E-state index contributed by atoms with van der Waals surface area (Å²) in [6.45, 7) is -0.0357. The van der Waals surface area contributed by atoms with Crippen molar-refractivity contribution in [2.75, 3.05) is 6.61 Å². The van der Waals surface area contributed by atoms with Crippen LogP contribution in [0.5, 0.6) is 11.6 Å². The van der Waals surface area contributed by atoms with Gasteiger partial charge in [0.2, 0.25) is 5.88 Å². The van der Waals surface area contributed by atoms with Gasteiger partial charge in [0.05, 0.1) is 6.61 Å². The van der Waals surface area contributed by atoms with Crippen LogP contribution < -0.4 is 9.47 Å². The number of halogens is 2. The molecule has 1 fully saturated rings. The van der Waals surface area contributed by atoms with Crippen LogP contribution in [0.25, 0.3) is 11.4 Å². The summed E-state index contributed by atoms with van der Waals surface area (Å²) in [6, 6.07) is 3.81. The van der Waals surface area contributed by atoms with Crippen molar-refractivity contribution in [1.82, 2.24) is 9.97 Å². The first kappa shape index (κ1) is 18.5. The SMILES string of the molecule is OC(O)CCCOc1c(F)cc(-c2nccc(OC3CCC3)n2)cc1F. The Bertz CT molecular complexity index is 731. The van der Waals surface area contributed by atoms with Crippen molar-refractivity contribution in [3.05, 3.63) is 36.0 Å². The Labute approximate surface area is 149 Å². The molecule has 2 N–H and O–H groups in total. The number of aliphatic hydroxyl groups excluding tert-OH is 1. The smallest absolute Gasteiger partial charge is 0.217 e. The van der Waals surface area contributed by atoms with Crippen LogP contribution in [-0.2, 0) is 0 Å². The fourth-order valence-corrected chi connectivity index (χ4v) is 2.47. The van der Waals surface area contributed by atoms with Gasteiger partial charge in [-0.3, -0.25) is 0 Å². The lowest BCUT2D eigenvalue weighted by Gasteiger charge is -2.25. The third kappa shape index (κ3) is 4.64. The van der Waals surface area contributed by atoms with Gasteiger partial charge in [0.1, 0.15) is 6.10 Å². The lowest BCUT2D eigenvalue weighted by Crippen LogP contribution is -2.25. The summed E-state index contributed by atoms with van der Waals surface area (Å²) < 4.78 is 39.2. The van der Waals surface area contributed by atoms with Gasteiger partial charge in [0.15, 0.2) is 29.5 Å². The van der Waals surface area contributed by atoms with Gasteiger partial charge in [0, 0.05) is 24.2 Å². The molecule has 6 nitrogen and oxygen atoms in total. The zero-order valence-corrected chi connectivity index (χ0v) is 14.1. The Hall–Kier alpha value is -2.32. The number of hydrogen-bond acceptors (Lipinski definition) is 6. The molecular formula is C18H20F2N2O4. The maximum Gasteiger partial charge on any atom is 0.217 e. The molecule has 1 aliphatic carbocycles. The minimum absolute atomic E-state index is 0.0357. The second kappa shape index (κ2) is 8.37. The zero-order chi connectivity index (χ0) is 18.5. The highest BCUT2D eigenvalue weighted by Crippen LogP contribution is 2.29. The molecule has 1 aliphatic rings. The van der Waals surface area contributed by atoms with E-state index in [2.05, 4.69) is 9.97 Å². The van der Waals surface area contributed by atoms with E-state index in [0.29, 0.717) is 5.88 Å². The van der Waals surface area contributed by atoms with E-state index >= 15 is 0 Å². The fourth-order valence-electron chi connectivity index (χ4n) is 2.47. The van der Waals surface area contributed by atoms with Gasteiger partial charge in [-0.05, 0) is 37.8 Å². The second-order valence-corrected chi connectivity index (χ2v) is 6.13. The highest BCUT2D eigenvalue weighted by molar-refractivity contribution is 5.57. The Morgan fingerprint density at radius 3 is 2.54 bits per heavy atom. The van der Waals surface area contributed by atoms with Gasteiger partial charge < -0.3 is 19.7 Å². The van der Waals surface area contributed by atoms with Gasteiger partial charge in [-0.1, -0.05) is 0 Å². The third-order valence-corrected chi connectivity index (χ3v) is 4.08. The number of aliphatic hydroxyl groups is 2. The molecule has 2 aromatic rings. The van der Waals surface area contributed by atoms with Crippen LogP contribution in [0.2, 0.25) is 0 Å². The topological polar surface area (TPSA) is 84.7 Å². The van der Waals surface area contributed by atoms with Gasteiger partial charge in [-0.15, -0.1) is 0 Å². The van der Waals surface area contributed by atoms with Crippen molar-refractivity contribution < 1.29 is 28.5 Å². The molecule has 1 heterocycles. The lowest BCUT2D eigenvalue weighted by molar-refractivity contribution is -0.0480. The Balaban J connectivity index is 1.71. The quantitative estimate of drug-likeness (QED) is 0.552. The predicted octanol–water partition coefficient (Wildman–Crippen LogP) is 2.82. The number of ether oxygens (including phenoxy) is 2. The molecule has 26 heavy (non-hydrogen) atoms. The summed E-state index contributed by atoms with van der Waals surface area (Å²) >= 11 is 0. The van der Waals surface area contributed by atoms with Crippen molar-refractivity contribution in [2.45, 2.75) is 44.5 Å². The van der Waals surface area contributed by atoms with Crippen molar-refractivity contribution in [1.29, 1.82) is 0 Å². The van der Waals surface area contributed by atoms with E-state index < -0.39 is 23.7 Å². The summed E-state index contributed by atoms with van der Waals surface area (Å²) in [7, 11) is 0. The van der Waals surface area contributed by atoms with Crippen molar-refractivity contribution in [3.8, 4) is 23.0 Å². The summed E-state index contributed by atoms with van der Waals surface area (Å²) in [5.74, 6) is -1.72. The average Bonchev–Trinajstić information content (AvgIpc) is 2.56. The molecular weight excluding hydrogens is 346 g/mol. The van der Waals surface area contributed by atoms with E-state index in [1.54, 1.807) is 6.07 Å². The summed E-state index contributed by atoms with van der Waals surface area (Å²) in [6.07, 6.45) is 3.53. The number of aromatic nitrogens is 2. The Morgan fingerprint density at radius 2 is 1.92 bits per heavy atom. The highest BCUT2D eigenvalue weighted by atomic mass is 19.1. The summed E-state index contributed by atoms with van der Waals surface area (Å²) in [5.41, 5.74) is 0.178. The van der Waals surface area contributed by atoms with E-state index in [1.807, 2.05) is 0 Å². The average molecular weight is 366 g/mol. The number of rotatable bonds is 8. The van der Waals surface area contributed by atoms with Gasteiger partial charge in [-0.2, -0.15) is 4.98 Å². The predicted molar refractivity (Wildman–Crippen MR) is 88.6 cm³/mol. The molecule has 8 heteroatoms. The minimum Gasteiger partial charge on any atom is -0.488 e. The fraction of sp³-hybridized carbons (Fsp3) is 0.444. The van der Waals surface area contributed by atoms with Crippen LogP contribution in [0.1, 0.15) is 32.1 Å². The standard InChI is InChI=1S/C18H20F2N2O4/c19-13-9-11(10-14(20)17(13)25-8-2-5-16(23)24)18-21-7-6-15(22-18)26-12-3-1-4-12/h6-7,9-10,12,16,23-24H,1-5,8H2. The van der Waals surface area contributed by atoms with Crippen molar-refractivity contribution in [3.63, 3.8) is 0 Å². The first-order valence-electron chi connectivity index (χ1n) is 8.51. The van der Waals surface area contributed by atoms with Crippen LogP contribution in [0.4, 0.5) is 8.78 Å². The third-order valence-electron chi connectivity index (χ3n) is 4.08. The molecule has 0 amide bonds. The lowest BCUT2D eigenvalue weighted by atomic mass is 9.96. The highest BCUT2D eigenvalue weighted by Gasteiger charge is 2.20. The van der Waals surface area contributed by atoms with Gasteiger partial charge in [-0.25, -0.2) is 13.8 Å². The maximum absolute atomic E-state index is 14.2. The molecule has 1 saturated carbocycles. The molecule has 1 aromatic carbocycles. The van der Waals surface area contributed by atoms with Crippen LogP contribution in [0.3, 0.4) is 0 Å². The van der Waals surface area contributed by atoms with Crippen LogP contribution in [0.15, 0.2) is 24.4 Å². The second-order valence-electron chi connectivity index (χ2n) is 6.13. The minimum atomic E-state index is -1.47. The number of benzene rings is 1. The molecule has 0 atom stereocenters. The Kier molecular flexibility index (Phi) is 5.95. The Morgan fingerprint density at radius 1 is 1.19 bits per heavy atom. The summed E-state index contributed by atoms with van der Waals surface area (Å²) in [4.78, 5) is 8.26. The molecule has 0 saturated heterocycles. The van der Waals surface area contributed by atoms with Gasteiger partial charge in [0.25, 0.3) is 0 Å². The van der Waals surface area contributed by atoms with Crippen molar-refractivity contribution in [2.24, 2.45) is 0 Å². The van der Waals surface area contributed by atoms with Crippen LogP contribution in [-0.4, -0.2) is 39.2 Å². The molecule has 0 spiro atoms. The van der Waals surface area contributed by atoms with E-state index in [4.69, 9.17) is 19.7 Å². The summed E-state index contributed by atoms with van der Waals surface area (Å²) in [5, 5.41) is 17.5. The number of nitrogens with zero attached hydrogens (tertiary/aromatic N) is 2. The van der Waals surface area contributed by atoms with Crippen molar-refractivity contribution >= 4 is 0 Å². The first-order chi connectivity index (χ1) is 12.5. The van der Waals surface area contributed by atoms with E-state index in [1.165, 1.54) is 6.20 Å². The monoisotopic (exact) mass is 366 g/mol. The molecule has 3 rings (SSSR count). The molecule has 1 aromatic heterocycles. The van der Waals surface area contributed by atoms with Gasteiger partial charge >= 0.3 is 0 Å². The molecule has 0 radical (unpaired) electrons. The molecule has 140 valence electrons. The maximum atomic E-state index is 14.2. The first-order valence-corrected chi connectivity index (χ1v) is 8.51. The normalized spacial score (nSPS) is 14.3. The van der Waals surface area contributed by atoms with Crippen LogP contribution >= 0.6 is 0 Å². The molecule has 0 aliphatic heterocycles. The van der Waals surface area contributed by atoms with E-state index in [-0.39, 0.29) is 36.9 Å². The van der Waals surface area contributed by atoms with E-state index in [0.717, 1.165) is 31.4 Å². The van der Waals surface area contributed by atoms with Crippen LogP contribution in [0, 0.1) is 11.6 Å². The molecule has 0 unspecified atom stereocenters. The molecule has 0 bridgehead atoms. The largest absolute Gasteiger partial charge is 0.488 e.